The normalized spacial score (nSPS) is 17.0. The number of rotatable bonds is 6. The second-order valence-electron chi connectivity index (χ2n) is 8.51. The van der Waals surface area contributed by atoms with Crippen LogP contribution in [0, 0.1) is 5.92 Å². The Hall–Kier alpha value is -3.63. The van der Waals surface area contributed by atoms with Gasteiger partial charge in [0.05, 0.1) is 22.5 Å². The number of nitrogens with zero attached hydrogens (tertiary/aromatic N) is 5. The third-order valence-electron chi connectivity index (χ3n) is 6.18. The predicted octanol–water partition coefficient (Wildman–Crippen LogP) is 3.12. The van der Waals surface area contributed by atoms with E-state index in [4.69, 9.17) is 23.2 Å². The summed E-state index contributed by atoms with van der Waals surface area (Å²) in [5.41, 5.74) is 0.767. The Labute approximate surface area is 208 Å². The molecule has 1 aromatic carbocycles. The van der Waals surface area contributed by atoms with E-state index in [-0.39, 0.29) is 23.6 Å². The van der Waals surface area contributed by atoms with Crippen LogP contribution in [0.4, 0.5) is 11.8 Å². The topological polar surface area (TPSA) is 124 Å². The summed E-state index contributed by atoms with van der Waals surface area (Å²) in [7, 11) is 3.21. The summed E-state index contributed by atoms with van der Waals surface area (Å²) in [6.45, 7) is 0.0159. The lowest BCUT2D eigenvalue weighted by atomic mass is 10.2. The van der Waals surface area contributed by atoms with Crippen LogP contribution in [0.1, 0.15) is 23.6 Å². The second kappa shape index (κ2) is 8.54. The number of hydrogen-bond acceptors (Lipinski definition) is 6. The number of aliphatic carboxylic acids is 1. The highest BCUT2D eigenvalue weighted by molar-refractivity contribution is 6.42. The highest BCUT2D eigenvalue weighted by Gasteiger charge is 2.45. The minimum Gasteiger partial charge on any atom is -0.481 e. The Bertz CT molecular complexity index is 1620. The molecule has 3 aromatic heterocycles. The third-order valence-corrected chi connectivity index (χ3v) is 6.92. The monoisotopic (exact) mass is 514 g/mol. The number of benzene rings is 1. The lowest BCUT2D eigenvalue weighted by Crippen LogP contribution is -2.39. The fraction of sp³-hybridized carbons (Fsp3) is 0.261. The SMILES string of the molecule is Cn1c(Nc2cccc([C@H]3C[C@H]3C(=O)O)n2)nc2c1c(=O)n(Cc1ccc(Cl)c(Cl)c1)c(=O)n2C. The first-order valence-corrected chi connectivity index (χ1v) is 11.5. The van der Waals surface area contributed by atoms with E-state index >= 15 is 0 Å². The van der Waals surface area contributed by atoms with Crippen LogP contribution >= 0.6 is 23.2 Å². The minimum atomic E-state index is -0.830. The number of carbonyl (C=O) groups is 1. The Morgan fingerprint density at radius 2 is 1.89 bits per heavy atom. The molecule has 5 rings (SSSR count). The van der Waals surface area contributed by atoms with E-state index in [1.54, 1.807) is 55.1 Å². The molecule has 2 atom stereocenters. The summed E-state index contributed by atoms with van der Waals surface area (Å²) < 4.78 is 3.99. The largest absolute Gasteiger partial charge is 0.481 e. The number of halogens is 2. The molecule has 10 nitrogen and oxygen atoms in total. The molecule has 1 fully saturated rings. The van der Waals surface area contributed by atoms with Crippen molar-refractivity contribution in [1.29, 1.82) is 0 Å². The highest BCUT2D eigenvalue weighted by Crippen LogP contribution is 2.47. The number of imidazole rings is 1. The van der Waals surface area contributed by atoms with Gasteiger partial charge in [-0.05, 0) is 36.2 Å². The summed E-state index contributed by atoms with van der Waals surface area (Å²) >= 11 is 12.1. The number of nitrogens with one attached hydrogen (secondary N) is 1. The van der Waals surface area contributed by atoms with Crippen molar-refractivity contribution in [3.8, 4) is 0 Å². The highest BCUT2D eigenvalue weighted by atomic mass is 35.5. The molecule has 35 heavy (non-hydrogen) atoms. The van der Waals surface area contributed by atoms with E-state index in [0.29, 0.717) is 39.5 Å². The molecule has 0 spiro atoms. The lowest BCUT2D eigenvalue weighted by Gasteiger charge is -2.09. The predicted molar refractivity (Wildman–Crippen MR) is 132 cm³/mol. The van der Waals surface area contributed by atoms with E-state index in [2.05, 4.69) is 15.3 Å². The molecule has 0 amide bonds. The van der Waals surface area contributed by atoms with Crippen LogP contribution in [-0.2, 0) is 25.4 Å². The maximum Gasteiger partial charge on any atom is 0.332 e. The summed E-state index contributed by atoms with van der Waals surface area (Å²) in [6, 6.07) is 10.2. The van der Waals surface area contributed by atoms with E-state index in [1.165, 1.54) is 4.57 Å². The zero-order chi connectivity index (χ0) is 25.0. The van der Waals surface area contributed by atoms with Crippen molar-refractivity contribution in [3.05, 3.63) is 78.5 Å². The maximum absolute atomic E-state index is 13.3. The Morgan fingerprint density at radius 1 is 1.11 bits per heavy atom. The van der Waals surface area contributed by atoms with Crippen LogP contribution in [0.25, 0.3) is 11.2 Å². The Morgan fingerprint density at radius 3 is 2.57 bits per heavy atom. The van der Waals surface area contributed by atoms with Gasteiger partial charge < -0.3 is 15.0 Å². The number of hydrogen-bond donors (Lipinski definition) is 2. The molecule has 12 heteroatoms. The van der Waals surface area contributed by atoms with Crippen LogP contribution in [0.2, 0.25) is 10.0 Å². The Balaban J connectivity index is 1.52. The smallest absolute Gasteiger partial charge is 0.332 e. The molecule has 0 unspecified atom stereocenters. The molecule has 180 valence electrons. The molecule has 0 bridgehead atoms. The van der Waals surface area contributed by atoms with Crippen molar-refractivity contribution in [2.24, 2.45) is 20.0 Å². The third kappa shape index (κ3) is 4.08. The molecule has 1 saturated carbocycles. The molecule has 4 aromatic rings. The summed E-state index contributed by atoms with van der Waals surface area (Å²) in [4.78, 5) is 46.5. The van der Waals surface area contributed by atoms with E-state index in [0.717, 1.165) is 4.57 Å². The first-order chi connectivity index (χ1) is 16.7. The van der Waals surface area contributed by atoms with Gasteiger partial charge >= 0.3 is 11.7 Å². The van der Waals surface area contributed by atoms with Crippen molar-refractivity contribution >= 4 is 52.1 Å². The average Bonchev–Trinajstić information content (AvgIpc) is 3.57. The second-order valence-corrected chi connectivity index (χ2v) is 9.32. The zero-order valence-electron chi connectivity index (χ0n) is 18.7. The van der Waals surface area contributed by atoms with Crippen LogP contribution in [0.3, 0.4) is 0 Å². The average molecular weight is 515 g/mol. The lowest BCUT2D eigenvalue weighted by molar-refractivity contribution is -0.138. The van der Waals surface area contributed by atoms with Gasteiger partial charge in [0.1, 0.15) is 5.82 Å². The van der Waals surface area contributed by atoms with E-state index in [9.17, 15) is 19.5 Å². The first-order valence-electron chi connectivity index (χ1n) is 10.7. The van der Waals surface area contributed by atoms with Gasteiger partial charge in [-0.2, -0.15) is 4.98 Å². The van der Waals surface area contributed by atoms with Crippen LogP contribution in [-0.4, -0.2) is 34.7 Å². The summed E-state index contributed by atoms with van der Waals surface area (Å²) in [6.07, 6.45) is 0.554. The van der Waals surface area contributed by atoms with Crippen molar-refractivity contribution < 1.29 is 9.90 Å². The number of fused-ring (bicyclic) bond motifs is 1. The van der Waals surface area contributed by atoms with Crippen molar-refractivity contribution in [2.45, 2.75) is 18.9 Å². The van der Waals surface area contributed by atoms with Gasteiger partial charge in [0.2, 0.25) is 5.95 Å². The molecule has 3 heterocycles. The molecule has 2 N–H and O–H groups in total. The molecule has 0 aliphatic heterocycles. The van der Waals surface area contributed by atoms with Gasteiger partial charge in [0.15, 0.2) is 11.2 Å². The zero-order valence-corrected chi connectivity index (χ0v) is 20.2. The molecular weight excluding hydrogens is 495 g/mol. The summed E-state index contributed by atoms with van der Waals surface area (Å²) in [5, 5.41) is 13.0. The van der Waals surface area contributed by atoms with Crippen LogP contribution < -0.4 is 16.6 Å². The number of carboxylic acids is 1. The summed E-state index contributed by atoms with van der Waals surface area (Å²) in [5.74, 6) is -0.600. The standard InChI is InChI=1S/C23H20Cl2N6O4/c1-29-18-19(28-22(29)27-17-5-3-4-16(26-17)12-9-13(12)21(33)34)30(2)23(35)31(20(18)32)10-11-6-7-14(24)15(25)8-11/h3-8,12-13H,9-10H2,1-2H3,(H,33,34)(H,26,27,28)/t12-,13+/m0/s1. The number of aryl methyl sites for hydroxylation is 2. The van der Waals surface area contributed by atoms with Crippen molar-refractivity contribution in [3.63, 3.8) is 0 Å². The van der Waals surface area contributed by atoms with Gasteiger partial charge in [-0.25, -0.2) is 9.78 Å². The van der Waals surface area contributed by atoms with Gasteiger partial charge in [-0.15, -0.1) is 0 Å². The van der Waals surface area contributed by atoms with E-state index < -0.39 is 23.1 Å². The fourth-order valence-corrected chi connectivity index (χ4v) is 4.47. The number of anilines is 2. The maximum atomic E-state index is 13.3. The first kappa shape index (κ1) is 23.1. The fourth-order valence-electron chi connectivity index (χ4n) is 4.15. The number of pyridine rings is 1. The van der Waals surface area contributed by atoms with E-state index in [1.807, 2.05) is 0 Å². The molecule has 0 radical (unpaired) electrons. The van der Waals surface area contributed by atoms with Gasteiger partial charge in [-0.3, -0.25) is 18.7 Å². The van der Waals surface area contributed by atoms with Gasteiger partial charge in [0.25, 0.3) is 5.56 Å². The van der Waals surface area contributed by atoms with Gasteiger partial charge in [-0.1, -0.05) is 35.3 Å². The quantitative estimate of drug-likeness (QED) is 0.405. The molecule has 0 saturated heterocycles. The molecule has 1 aliphatic carbocycles. The van der Waals surface area contributed by atoms with Gasteiger partial charge in [0, 0.05) is 25.7 Å². The van der Waals surface area contributed by atoms with Crippen molar-refractivity contribution in [2.75, 3.05) is 5.32 Å². The van der Waals surface area contributed by atoms with Crippen LogP contribution in [0.15, 0.2) is 46.0 Å². The molecular formula is C23H20Cl2N6O4. The van der Waals surface area contributed by atoms with Crippen LogP contribution in [0.5, 0.6) is 0 Å². The molecule has 1 aliphatic rings. The number of aromatic nitrogens is 5. The number of carboxylic acid groups (broad SMARTS) is 1. The van der Waals surface area contributed by atoms with Crippen molar-refractivity contribution in [1.82, 2.24) is 23.7 Å². The Kier molecular flexibility index (Phi) is 5.65. The minimum absolute atomic E-state index is 0.0159.